The van der Waals surface area contributed by atoms with E-state index in [2.05, 4.69) is 15.7 Å². The summed E-state index contributed by atoms with van der Waals surface area (Å²) in [6.45, 7) is 0. The second-order valence-corrected chi connectivity index (χ2v) is 7.42. The number of nitrogens with zero attached hydrogens (tertiary/aromatic N) is 2. The summed E-state index contributed by atoms with van der Waals surface area (Å²) >= 11 is 0. The normalized spacial score (nSPS) is 17.6. The molecule has 2 atom stereocenters. The lowest BCUT2D eigenvalue weighted by Gasteiger charge is -2.33. The lowest BCUT2D eigenvalue weighted by molar-refractivity contribution is -0.173. The zero-order valence-electron chi connectivity index (χ0n) is 17.6. The predicted octanol–water partition coefficient (Wildman–Crippen LogP) is 4.95. The maximum absolute atomic E-state index is 13.8. The van der Waals surface area contributed by atoms with Crippen LogP contribution in [0, 0.1) is 5.82 Å². The number of benzene rings is 2. The molecule has 0 unspecified atom stereocenters. The topological polar surface area (TPSA) is 77.4 Å². The van der Waals surface area contributed by atoms with Crippen molar-refractivity contribution in [2.75, 3.05) is 24.9 Å². The summed E-state index contributed by atoms with van der Waals surface area (Å²) in [7, 11) is 2.89. The van der Waals surface area contributed by atoms with Crippen LogP contribution in [0.4, 0.5) is 29.1 Å². The zero-order valence-corrected chi connectivity index (χ0v) is 17.6. The predicted molar refractivity (Wildman–Crippen MR) is 112 cm³/mol. The fourth-order valence-electron chi connectivity index (χ4n) is 3.69. The molecule has 33 heavy (non-hydrogen) atoms. The summed E-state index contributed by atoms with van der Waals surface area (Å²) in [5.74, 6) is -0.341. The Bertz CT molecular complexity index is 1160. The molecule has 2 N–H and O–H groups in total. The van der Waals surface area contributed by atoms with Crippen molar-refractivity contribution in [2.45, 2.75) is 24.7 Å². The average molecular weight is 464 g/mol. The van der Waals surface area contributed by atoms with Crippen molar-refractivity contribution in [3.63, 3.8) is 0 Å². The highest BCUT2D eigenvalue weighted by atomic mass is 19.4. The number of rotatable bonds is 5. The van der Waals surface area contributed by atoms with Gasteiger partial charge >= 0.3 is 6.18 Å². The number of hydrogen-bond acceptors (Lipinski definition) is 5. The van der Waals surface area contributed by atoms with Crippen LogP contribution in [0.2, 0.25) is 0 Å². The minimum Gasteiger partial charge on any atom is -0.497 e. The number of ether oxygens (including phenoxy) is 2. The quantitative estimate of drug-likeness (QED) is 0.523. The number of nitrogens with one attached hydrogen (secondary N) is 2. The van der Waals surface area contributed by atoms with Gasteiger partial charge < -0.3 is 20.1 Å². The molecule has 0 saturated carbocycles. The van der Waals surface area contributed by atoms with Crippen molar-refractivity contribution >= 4 is 17.4 Å². The smallest absolute Gasteiger partial charge is 0.410 e. The first kappa shape index (κ1) is 22.4. The number of halogens is 4. The number of carbonyl (C=O) groups is 1. The lowest BCUT2D eigenvalue weighted by atomic mass is 9.97. The van der Waals surface area contributed by atoms with E-state index in [-0.39, 0.29) is 17.9 Å². The molecule has 11 heteroatoms. The molecule has 0 bridgehead atoms. The summed E-state index contributed by atoms with van der Waals surface area (Å²) in [5.41, 5.74) is 0.593. The molecular formula is C22H20F4N4O3. The van der Waals surface area contributed by atoms with Crippen LogP contribution in [0.15, 0.2) is 48.5 Å². The molecule has 0 fully saturated rings. The van der Waals surface area contributed by atoms with Gasteiger partial charge in [0.05, 0.1) is 25.9 Å². The van der Waals surface area contributed by atoms with Gasteiger partial charge in [-0.1, -0.05) is 12.1 Å². The Balaban J connectivity index is 1.63. The van der Waals surface area contributed by atoms with Crippen molar-refractivity contribution in [1.29, 1.82) is 0 Å². The van der Waals surface area contributed by atoms with Crippen LogP contribution in [0.3, 0.4) is 0 Å². The van der Waals surface area contributed by atoms with Crippen LogP contribution in [0.5, 0.6) is 11.5 Å². The summed E-state index contributed by atoms with van der Waals surface area (Å²) in [6.07, 6.45) is -4.97. The van der Waals surface area contributed by atoms with E-state index in [1.807, 2.05) is 0 Å². The minimum atomic E-state index is -4.60. The summed E-state index contributed by atoms with van der Waals surface area (Å²) in [6, 6.07) is 8.49. The molecule has 2 aromatic carbocycles. The second kappa shape index (κ2) is 8.64. The van der Waals surface area contributed by atoms with Gasteiger partial charge in [-0.2, -0.15) is 18.3 Å². The van der Waals surface area contributed by atoms with Crippen LogP contribution >= 0.6 is 0 Å². The summed E-state index contributed by atoms with van der Waals surface area (Å²) in [4.78, 5) is 12.8. The van der Waals surface area contributed by atoms with Gasteiger partial charge in [0.2, 0.25) is 0 Å². The highest BCUT2D eigenvalue weighted by Crippen LogP contribution is 2.43. The van der Waals surface area contributed by atoms with Crippen molar-refractivity contribution in [2.24, 2.45) is 0 Å². The average Bonchev–Trinajstić information content (AvgIpc) is 3.22. The Hall–Kier alpha value is -3.76. The van der Waals surface area contributed by atoms with Gasteiger partial charge in [0, 0.05) is 18.6 Å². The fraction of sp³-hybridized carbons (Fsp3) is 0.273. The maximum atomic E-state index is 13.8. The lowest BCUT2D eigenvalue weighted by Crippen LogP contribution is -2.35. The molecule has 7 nitrogen and oxygen atoms in total. The molecule has 1 amide bonds. The molecule has 0 radical (unpaired) electrons. The molecule has 4 rings (SSSR count). The molecule has 0 saturated heterocycles. The van der Waals surface area contributed by atoms with E-state index in [1.165, 1.54) is 44.6 Å². The van der Waals surface area contributed by atoms with Gasteiger partial charge in [-0.05, 0) is 29.8 Å². The van der Waals surface area contributed by atoms with Crippen molar-refractivity contribution in [3.05, 3.63) is 65.6 Å². The maximum Gasteiger partial charge on any atom is 0.410 e. The molecule has 0 spiro atoms. The number of fused-ring (bicyclic) bond motifs is 1. The standard InChI is InChI=1S/C22H20F4N4O3/c1-32-14-7-8-15(18(9-14)33-2)28-21(31)17-11-20-27-16(12-3-5-13(23)6-4-12)10-19(22(24,25)26)30(20)29-17/h3-9,11,16,19,27H,10H2,1-2H3,(H,28,31)/t16-,19+/m1/s1. The minimum absolute atomic E-state index is 0.0322. The van der Waals surface area contributed by atoms with E-state index in [0.717, 1.165) is 4.68 Å². The largest absolute Gasteiger partial charge is 0.497 e. The molecule has 1 aliphatic heterocycles. The number of hydrogen-bond donors (Lipinski definition) is 2. The Morgan fingerprint density at radius 1 is 1.12 bits per heavy atom. The van der Waals surface area contributed by atoms with E-state index >= 15 is 0 Å². The third kappa shape index (κ3) is 4.57. The van der Waals surface area contributed by atoms with E-state index in [0.29, 0.717) is 22.7 Å². The van der Waals surface area contributed by atoms with Crippen LogP contribution in [0.25, 0.3) is 0 Å². The van der Waals surface area contributed by atoms with Crippen LogP contribution in [-0.4, -0.2) is 36.1 Å². The van der Waals surface area contributed by atoms with Crippen LogP contribution < -0.4 is 20.1 Å². The molecule has 3 aromatic rings. The van der Waals surface area contributed by atoms with Crippen molar-refractivity contribution < 1.29 is 31.8 Å². The highest BCUT2D eigenvalue weighted by Gasteiger charge is 2.46. The zero-order chi connectivity index (χ0) is 23.8. The number of methoxy groups -OCH3 is 2. The number of amides is 1. The summed E-state index contributed by atoms with van der Waals surface area (Å²) < 4.78 is 65.8. The highest BCUT2D eigenvalue weighted by molar-refractivity contribution is 6.04. The van der Waals surface area contributed by atoms with Gasteiger partial charge in [0.15, 0.2) is 11.7 Å². The molecule has 2 heterocycles. The Morgan fingerprint density at radius 3 is 2.48 bits per heavy atom. The first-order chi connectivity index (χ1) is 15.7. The van der Waals surface area contributed by atoms with Crippen molar-refractivity contribution in [3.8, 4) is 11.5 Å². The molecule has 1 aliphatic rings. The first-order valence-corrected chi connectivity index (χ1v) is 9.91. The first-order valence-electron chi connectivity index (χ1n) is 9.91. The van der Waals surface area contributed by atoms with Crippen LogP contribution in [0.1, 0.15) is 34.6 Å². The monoisotopic (exact) mass is 464 g/mol. The van der Waals surface area contributed by atoms with E-state index < -0.39 is 30.0 Å². The number of anilines is 2. The molecular weight excluding hydrogens is 444 g/mol. The van der Waals surface area contributed by atoms with E-state index in [9.17, 15) is 22.4 Å². The molecule has 1 aromatic heterocycles. The van der Waals surface area contributed by atoms with Gasteiger partial charge in [-0.3, -0.25) is 4.79 Å². The molecule has 174 valence electrons. The Labute approximate surface area is 186 Å². The molecule has 0 aliphatic carbocycles. The van der Waals surface area contributed by atoms with Gasteiger partial charge in [-0.15, -0.1) is 0 Å². The van der Waals surface area contributed by atoms with E-state index in [1.54, 1.807) is 18.2 Å². The SMILES string of the molecule is COc1ccc(NC(=O)c2cc3n(n2)[C@H](C(F)(F)F)C[C@H](c2ccc(F)cc2)N3)c(OC)c1. The second-order valence-electron chi connectivity index (χ2n) is 7.42. The number of alkyl halides is 3. The fourth-order valence-corrected chi connectivity index (χ4v) is 3.69. The van der Waals surface area contributed by atoms with Crippen LogP contribution in [-0.2, 0) is 0 Å². The third-order valence-corrected chi connectivity index (χ3v) is 5.35. The Kier molecular flexibility index (Phi) is 5.88. The van der Waals surface area contributed by atoms with Gasteiger partial charge in [0.1, 0.15) is 23.1 Å². The summed E-state index contributed by atoms with van der Waals surface area (Å²) in [5, 5.41) is 9.49. The van der Waals surface area contributed by atoms with Gasteiger partial charge in [0.25, 0.3) is 5.91 Å². The van der Waals surface area contributed by atoms with Crippen molar-refractivity contribution in [1.82, 2.24) is 9.78 Å². The Morgan fingerprint density at radius 2 is 1.85 bits per heavy atom. The third-order valence-electron chi connectivity index (χ3n) is 5.35. The van der Waals surface area contributed by atoms with E-state index in [4.69, 9.17) is 9.47 Å². The van der Waals surface area contributed by atoms with Gasteiger partial charge in [-0.25, -0.2) is 9.07 Å². The number of carbonyl (C=O) groups excluding carboxylic acids is 1. The number of aromatic nitrogens is 2.